The Morgan fingerprint density at radius 3 is 2.92 bits per heavy atom. The summed E-state index contributed by atoms with van der Waals surface area (Å²) in [6, 6.07) is 9.15. The quantitative estimate of drug-likeness (QED) is 0.473. The summed E-state index contributed by atoms with van der Waals surface area (Å²) in [6.45, 7) is 2.02. The van der Waals surface area contributed by atoms with E-state index >= 15 is 0 Å². The summed E-state index contributed by atoms with van der Waals surface area (Å²) in [6.07, 6.45) is 3.13. The van der Waals surface area contributed by atoms with Gasteiger partial charge in [0.1, 0.15) is 6.54 Å². The van der Waals surface area contributed by atoms with Crippen LogP contribution >= 0.6 is 34.3 Å². The minimum atomic E-state index is -0.395. The number of benzene rings is 1. The van der Waals surface area contributed by atoms with E-state index in [0.717, 1.165) is 15.1 Å². The van der Waals surface area contributed by atoms with E-state index in [4.69, 9.17) is 16.3 Å². The molecule has 1 aromatic carbocycles. The lowest BCUT2D eigenvalue weighted by Gasteiger charge is -2.04. The minimum absolute atomic E-state index is 0.0176. The molecule has 0 aliphatic heterocycles. The van der Waals surface area contributed by atoms with Crippen molar-refractivity contribution in [1.82, 2.24) is 4.57 Å². The molecule has 0 unspecified atom stereocenters. The Labute approximate surface area is 162 Å². The van der Waals surface area contributed by atoms with E-state index in [1.807, 2.05) is 17.5 Å². The summed E-state index contributed by atoms with van der Waals surface area (Å²) in [5.74, 6) is -0.779. The van der Waals surface area contributed by atoms with Crippen molar-refractivity contribution >= 4 is 62.4 Å². The van der Waals surface area contributed by atoms with Gasteiger partial charge in [0.15, 0.2) is 4.80 Å². The van der Waals surface area contributed by atoms with Crippen molar-refractivity contribution < 1.29 is 14.3 Å². The Bertz CT molecular complexity index is 1030. The van der Waals surface area contributed by atoms with E-state index in [9.17, 15) is 9.59 Å². The third-order valence-corrected chi connectivity index (χ3v) is 5.49. The molecule has 0 aliphatic carbocycles. The van der Waals surface area contributed by atoms with Crippen LogP contribution in [0.1, 0.15) is 11.8 Å². The predicted octanol–water partition coefficient (Wildman–Crippen LogP) is 4.12. The van der Waals surface area contributed by atoms with Crippen LogP contribution in [0.2, 0.25) is 5.02 Å². The number of carbonyl (C=O) groups is 2. The van der Waals surface area contributed by atoms with Crippen molar-refractivity contribution in [3.05, 3.63) is 56.5 Å². The summed E-state index contributed by atoms with van der Waals surface area (Å²) in [5, 5.41) is 2.52. The normalized spacial score (nSPS) is 12.2. The highest BCUT2D eigenvalue weighted by molar-refractivity contribution is 7.16. The number of rotatable bonds is 5. The topological polar surface area (TPSA) is 60.7 Å². The lowest BCUT2D eigenvalue weighted by Crippen LogP contribution is -2.22. The van der Waals surface area contributed by atoms with Crippen LogP contribution in [0.15, 0.2) is 46.8 Å². The molecule has 0 saturated carbocycles. The van der Waals surface area contributed by atoms with Gasteiger partial charge in [-0.25, -0.2) is 0 Å². The van der Waals surface area contributed by atoms with Gasteiger partial charge in [0, 0.05) is 16.0 Å². The predicted molar refractivity (Wildman–Crippen MR) is 105 cm³/mol. The maximum Gasteiger partial charge on any atom is 0.326 e. The molecule has 2 heterocycles. The monoisotopic (exact) mass is 406 g/mol. The first-order chi connectivity index (χ1) is 12.6. The van der Waals surface area contributed by atoms with Gasteiger partial charge < -0.3 is 9.30 Å². The summed E-state index contributed by atoms with van der Waals surface area (Å²) in [4.78, 5) is 29.7. The molecule has 5 nitrogen and oxygen atoms in total. The summed E-state index contributed by atoms with van der Waals surface area (Å²) in [7, 11) is 0. The number of esters is 1. The minimum Gasteiger partial charge on any atom is -0.465 e. The van der Waals surface area contributed by atoms with Gasteiger partial charge in [-0.15, -0.1) is 11.3 Å². The number of halogens is 1. The lowest BCUT2D eigenvalue weighted by molar-refractivity contribution is -0.143. The van der Waals surface area contributed by atoms with Gasteiger partial charge in [0.25, 0.3) is 5.91 Å². The molecule has 0 atom stereocenters. The fraction of sp³-hybridized carbons (Fsp3) is 0.167. The number of nitrogens with zero attached hydrogens (tertiary/aromatic N) is 2. The molecular weight excluding hydrogens is 392 g/mol. The van der Waals surface area contributed by atoms with E-state index < -0.39 is 5.91 Å². The van der Waals surface area contributed by atoms with Gasteiger partial charge in [-0.05, 0) is 42.6 Å². The van der Waals surface area contributed by atoms with Crippen molar-refractivity contribution in [2.24, 2.45) is 4.99 Å². The molecule has 8 heteroatoms. The Morgan fingerprint density at radius 1 is 1.35 bits per heavy atom. The Morgan fingerprint density at radius 2 is 2.19 bits per heavy atom. The van der Waals surface area contributed by atoms with E-state index in [1.54, 1.807) is 35.8 Å². The van der Waals surface area contributed by atoms with E-state index in [1.165, 1.54) is 28.7 Å². The average Bonchev–Trinajstić information content (AvgIpc) is 3.22. The lowest BCUT2D eigenvalue weighted by atomic mass is 10.3. The Kier molecular flexibility index (Phi) is 6.03. The van der Waals surface area contributed by atoms with Gasteiger partial charge in [0.2, 0.25) is 0 Å². The van der Waals surface area contributed by atoms with Crippen molar-refractivity contribution in [2.45, 2.75) is 13.5 Å². The highest BCUT2D eigenvalue weighted by Crippen LogP contribution is 2.22. The number of amides is 1. The molecule has 26 heavy (non-hydrogen) atoms. The summed E-state index contributed by atoms with van der Waals surface area (Å²) >= 11 is 8.88. The van der Waals surface area contributed by atoms with Crippen LogP contribution in [0.3, 0.4) is 0 Å². The Balaban J connectivity index is 1.99. The number of aromatic nitrogens is 1. The molecule has 0 spiro atoms. The van der Waals surface area contributed by atoms with Gasteiger partial charge in [-0.2, -0.15) is 4.99 Å². The second kappa shape index (κ2) is 8.44. The van der Waals surface area contributed by atoms with Crippen LogP contribution in [0.25, 0.3) is 16.3 Å². The number of carbonyl (C=O) groups excluding carboxylic acids is 2. The molecular formula is C18H15ClN2O3S2. The molecule has 3 aromatic rings. The maximum absolute atomic E-state index is 12.2. The standard InChI is InChI=1S/C18H15ClN2O3S2/c1-2-24-17(23)11-21-14-7-5-12(19)10-15(14)26-18(21)20-16(22)8-6-13-4-3-9-25-13/h3-10H,2,11H2,1H3. The third kappa shape index (κ3) is 4.49. The third-order valence-electron chi connectivity index (χ3n) is 3.38. The van der Waals surface area contributed by atoms with Crippen LogP contribution in [-0.4, -0.2) is 23.1 Å². The molecule has 3 rings (SSSR count). The van der Waals surface area contributed by atoms with Crippen molar-refractivity contribution in [2.75, 3.05) is 6.61 Å². The number of hydrogen-bond donors (Lipinski definition) is 0. The second-order valence-electron chi connectivity index (χ2n) is 5.19. The van der Waals surface area contributed by atoms with Gasteiger partial charge in [-0.3, -0.25) is 9.59 Å². The maximum atomic E-state index is 12.2. The van der Waals surface area contributed by atoms with Gasteiger partial charge >= 0.3 is 5.97 Å². The van der Waals surface area contributed by atoms with Crippen LogP contribution < -0.4 is 4.80 Å². The van der Waals surface area contributed by atoms with Gasteiger partial charge in [0.05, 0.1) is 16.8 Å². The molecule has 0 bridgehead atoms. The molecule has 0 fully saturated rings. The number of ether oxygens (including phenoxy) is 1. The summed E-state index contributed by atoms with van der Waals surface area (Å²) in [5.41, 5.74) is 0.779. The van der Waals surface area contributed by atoms with Crippen molar-refractivity contribution in [3.63, 3.8) is 0 Å². The summed E-state index contributed by atoms with van der Waals surface area (Å²) < 4.78 is 7.54. The molecule has 0 N–H and O–H groups in total. The zero-order valence-electron chi connectivity index (χ0n) is 13.8. The Hall–Kier alpha value is -2.22. The van der Waals surface area contributed by atoms with Crippen LogP contribution in [0, 0.1) is 0 Å². The molecule has 2 aromatic heterocycles. The molecule has 0 aliphatic rings. The average molecular weight is 407 g/mol. The second-order valence-corrected chi connectivity index (χ2v) is 7.61. The van der Waals surface area contributed by atoms with E-state index in [2.05, 4.69) is 4.99 Å². The number of fused-ring (bicyclic) bond motifs is 1. The first kappa shape index (κ1) is 18.6. The smallest absolute Gasteiger partial charge is 0.326 e. The van der Waals surface area contributed by atoms with Crippen LogP contribution in [-0.2, 0) is 20.9 Å². The first-order valence-corrected chi connectivity index (χ1v) is 9.89. The first-order valence-electron chi connectivity index (χ1n) is 7.81. The molecule has 134 valence electrons. The van der Waals surface area contributed by atoms with Crippen molar-refractivity contribution in [3.8, 4) is 0 Å². The van der Waals surface area contributed by atoms with E-state index in [-0.39, 0.29) is 12.5 Å². The van der Waals surface area contributed by atoms with Crippen LogP contribution in [0.4, 0.5) is 0 Å². The van der Waals surface area contributed by atoms with Crippen molar-refractivity contribution in [1.29, 1.82) is 0 Å². The number of thiazole rings is 1. The molecule has 0 saturated heterocycles. The highest BCUT2D eigenvalue weighted by atomic mass is 35.5. The highest BCUT2D eigenvalue weighted by Gasteiger charge is 2.12. The van der Waals surface area contributed by atoms with Crippen LogP contribution in [0.5, 0.6) is 0 Å². The SMILES string of the molecule is CCOC(=O)Cn1c(=NC(=O)C=Cc2cccs2)sc2cc(Cl)ccc21. The number of thiophene rings is 1. The number of hydrogen-bond acceptors (Lipinski definition) is 5. The van der Waals surface area contributed by atoms with E-state index in [0.29, 0.717) is 16.4 Å². The fourth-order valence-corrected chi connectivity index (χ4v) is 4.22. The largest absolute Gasteiger partial charge is 0.465 e. The fourth-order valence-electron chi connectivity index (χ4n) is 2.29. The molecule has 0 radical (unpaired) electrons. The molecule has 1 amide bonds. The zero-order chi connectivity index (χ0) is 18.5. The zero-order valence-corrected chi connectivity index (χ0v) is 16.2. The van der Waals surface area contributed by atoms with Gasteiger partial charge in [-0.1, -0.05) is 29.0 Å².